The van der Waals surface area contributed by atoms with Gasteiger partial charge in [0.1, 0.15) is 6.21 Å². The highest BCUT2D eigenvalue weighted by Gasteiger charge is 1.94. The number of aliphatic imine (C=N–C) groups is 1. The van der Waals surface area contributed by atoms with Gasteiger partial charge in [-0.2, -0.15) is 0 Å². The number of carbonyl (C=O) groups excluding carboxylic acids is 1. The number of ether oxygens (including phenoxy) is 1. The van der Waals surface area contributed by atoms with Crippen LogP contribution < -0.4 is 0 Å². The second kappa shape index (κ2) is 2.26. The van der Waals surface area contributed by atoms with Crippen LogP contribution in [0.15, 0.2) is 17.3 Å². The lowest BCUT2D eigenvalue weighted by Crippen LogP contribution is -1.97. The van der Waals surface area contributed by atoms with E-state index in [9.17, 15) is 4.79 Å². The molecule has 8 heavy (non-hydrogen) atoms. The molecule has 1 rings (SSSR count). The van der Waals surface area contributed by atoms with Gasteiger partial charge in [-0.15, -0.1) is 0 Å². The monoisotopic (exact) mass is 111 g/mol. The number of hydrogen-bond acceptors (Lipinski definition) is 3. The molecule has 0 saturated heterocycles. The first-order valence-electron chi connectivity index (χ1n) is 2.25. The summed E-state index contributed by atoms with van der Waals surface area (Å²) in [5, 5.41) is 0. The molecule has 0 bridgehead atoms. The molecule has 0 N–H and O–H groups in total. The van der Waals surface area contributed by atoms with Gasteiger partial charge in [0, 0.05) is 0 Å². The summed E-state index contributed by atoms with van der Waals surface area (Å²) in [7, 11) is 0. The third-order valence-corrected chi connectivity index (χ3v) is 0.688. The average molecular weight is 111 g/mol. The summed E-state index contributed by atoms with van der Waals surface area (Å²) in [6, 6.07) is 0. The van der Waals surface area contributed by atoms with Crippen LogP contribution in [-0.2, 0) is 9.53 Å². The Morgan fingerprint density at radius 2 is 2.62 bits per heavy atom. The van der Waals surface area contributed by atoms with E-state index in [-0.39, 0.29) is 0 Å². The number of nitrogens with zero attached hydrogens (tertiary/aromatic N) is 1. The minimum atomic E-state index is -0.404. The van der Waals surface area contributed by atoms with Crippen molar-refractivity contribution in [2.24, 2.45) is 4.99 Å². The highest BCUT2D eigenvalue weighted by atomic mass is 16.5. The van der Waals surface area contributed by atoms with Gasteiger partial charge >= 0.3 is 5.97 Å². The molecule has 3 heteroatoms. The van der Waals surface area contributed by atoms with Gasteiger partial charge in [0.05, 0.1) is 12.8 Å². The number of rotatable bonds is 0. The second-order valence-corrected chi connectivity index (χ2v) is 1.30. The normalized spacial score (nSPS) is 17.8. The van der Waals surface area contributed by atoms with Crippen LogP contribution >= 0.6 is 0 Å². The summed E-state index contributed by atoms with van der Waals surface area (Å²) in [5.41, 5.74) is 0. The Kier molecular flexibility index (Phi) is 1.42. The topological polar surface area (TPSA) is 38.7 Å². The zero-order chi connectivity index (χ0) is 5.82. The van der Waals surface area contributed by atoms with Gasteiger partial charge in [0.2, 0.25) is 0 Å². The molecule has 0 amide bonds. The van der Waals surface area contributed by atoms with E-state index in [0.717, 1.165) is 0 Å². The van der Waals surface area contributed by atoms with Gasteiger partial charge in [-0.3, -0.25) is 4.99 Å². The first kappa shape index (κ1) is 5.03. The predicted octanol–water partition coefficient (Wildman–Crippen LogP) is 0.128. The van der Waals surface area contributed by atoms with Crippen molar-refractivity contribution >= 4 is 12.2 Å². The summed E-state index contributed by atoms with van der Waals surface area (Å²) < 4.78 is 4.43. The smallest absolute Gasteiger partial charge is 0.353 e. The zero-order valence-electron chi connectivity index (χ0n) is 4.20. The lowest BCUT2D eigenvalue weighted by atomic mass is 10.6. The van der Waals surface area contributed by atoms with Crippen LogP contribution in [0.3, 0.4) is 0 Å². The van der Waals surface area contributed by atoms with Crippen LogP contribution in [0.25, 0.3) is 0 Å². The van der Waals surface area contributed by atoms with Crippen molar-refractivity contribution in [3.8, 4) is 0 Å². The maximum absolute atomic E-state index is 10.3. The van der Waals surface area contributed by atoms with Crippen molar-refractivity contribution < 1.29 is 9.53 Å². The SMILES string of the molecule is O=C1C=NCC=CO1. The number of carbonyl (C=O) groups is 1. The highest BCUT2D eigenvalue weighted by molar-refractivity contribution is 6.23. The lowest BCUT2D eigenvalue weighted by molar-refractivity contribution is -0.129. The van der Waals surface area contributed by atoms with E-state index in [0.29, 0.717) is 6.54 Å². The van der Waals surface area contributed by atoms with Crippen molar-refractivity contribution in [3.63, 3.8) is 0 Å². The summed E-state index contributed by atoms with van der Waals surface area (Å²) in [6.45, 7) is 0.533. The van der Waals surface area contributed by atoms with E-state index in [2.05, 4.69) is 9.73 Å². The van der Waals surface area contributed by atoms with Gasteiger partial charge in [0.25, 0.3) is 0 Å². The van der Waals surface area contributed by atoms with E-state index >= 15 is 0 Å². The van der Waals surface area contributed by atoms with Crippen molar-refractivity contribution in [2.75, 3.05) is 6.54 Å². The molecule has 0 spiro atoms. The molecular formula is C5H5NO2. The lowest BCUT2D eigenvalue weighted by Gasteiger charge is -1.83. The summed E-state index contributed by atoms with van der Waals surface area (Å²) in [4.78, 5) is 13.9. The highest BCUT2D eigenvalue weighted by Crippen LogP contribution is 1.84. The molecule has 1 aliphatic heterocycles. The predicted molar refractivity (Wildman–Crippen MR) is 28.6 cm³/mol. The van der Waals surface area contributed by atoms with Crippen molar-refractivity contribution in [1.29, 1.82) is 0 Å². The van der Waals surface area contributed by atoms with Gasteiger partial charge in [-0.25, -0.2) is 4.79 Å². The molecule has 1 heterocycles. The van der Waals surface area contributed by atoms with Crippen LogP contribution in [0, 0.1) is 0 Å². The van der Waals surface area contributed by atoms with E-state index < -0.39 is 5.97 Å². The third kappa shape index (κ3) is 1.18. The maximum atomic E-state index is 10.3. The van der Waals surface area contributed by atoms with Gasteiger partial charge in [-0.1, -0.05) is 0 Å². The van der Waals surface area contributed by atoms with Crippen molar-refractivity contribution in [3.05, 3.63) is 12.3 Å². The standard InChI is InChI=1S/C5H5NO2/c7-5-4-6-2-1-3-8-5/h1,3-4H,2H2. The van der Waals surface area contributed by atoms with E-state index in [1.807, 2.05) is 0 Å². The fraction of sp³-hybridized carbons (Fsp3) is 0.200. The molecule has 0 radical (unpaired) electrons. The van der Waals surface area contributed by atoms with Crippen molar-refractivity contribution in [1.82, 2.24) is 0 Å². The van der Waals surface area contributed by atoms with Crippen LogP contribution in [0.4, 0.5) is 0 Å². The van der Waals surface area contributed by atoms with Crippen LogP contribution in [-0.4, -0.2) is 18.7 Å². The van der Waals surface area contributed by atoms with Gasteiger partial charge < -0.3 is 4.74 Å². The van der Waals surface area contributed by atoms with Crippen LogP contribution in [0.1, 0.15) is 0 Å². The molecule has 0 aromatic heterocycles. The fourth-order valence-corrected chi connectivity index (χ4v) is 0.377. The zero-order valence-corrected chi connectivity index (χ0v) is 4.20. The minimum Gasteiger partial charge on any atom is -0.430 e. The quantitative estimate of drug-likeness (QED) is 0.417. The Morgan fingerprint density at radius 1 is 1.75 bits per heavy atom. The first-order chi connectivity index (χ1) is 3.89. The fourth-order valence-electron chi connectivity index (χ4n) is 0.377. The van der Waals surface area contributed by atoms with Crippen LogP contribution in [0.2, 0.25) is 0 Å². The molecule has 0 aliphatic carbocycles. The van der Waals surface area contributed by atoms with Crippen LogP contribution in [0.5, 0.6) is 0 Å². The number of hydrogen-bond donors (Lipinski definition) is 0. The Hall–Kier alpha value is -1.12. The largest absolute Gasteiger partial charge is 0.430 e. The van der Waals surface area contributed by atoms with E-state index in [1.54, 1.807) is 6.08 Å². The molecule has 1 aliphatic rings. The average Bonchev–Trinajstić information content (AvgIpc) is 1.94. The summed E-state index contributed by atoms with van der Waals surface area (Å²) >= 11 is 0. The van der Waals surface area contributed by atoms with Gasteiger partial charge in [-0.05, 0) is 6.08 Å². The molecule has 0 saturated carbocycles. The molecule has 42 valence electrons. The third-order valence-electron chi connectivity index (χ3n) is 0.688. The maximum Gasteiger partial charge on any atom is 0.353 e. The summed E-state index contributed by atoms with van der Waals surface area (Å²) in [5.74, 6) is -0.404. The number of esters is 1. The Bertz CT molecular complexity index is 149. The summed E-state index contributed by atoms with van der Waals surface area (Å²) in [6.07, 6.45) is 4.18. The molecule has 3 nitrogen and oxygen atoms in total. The molecule has 0 unspecified atom stereocenters. The molecule has 0 aromatic carbocycles. The van der Waals surface area contributed by atoms with Gasteiger partial charge in [0.15, 0.2) is 0 Å². The molecule has 0 fully saturated rings. The minimum absolute atomic E-state index is 0.404. The van der Waals surface area contributed by atoms with Crippen molar-refractivity contribution in [2.45, 2.75) is 0 Å². The Labute approximate surface area is 46.7 Å². The Morgan fingerprint density at radius 3 is 3.50 bits per heavy atom. The molecule has 0 atom stereocenters. The Balaban J connectivity index is 2.61. The second-order valence-electron chi connectivity index (χ2n) is 1.30. The molecular weight excluding hydrogens is 106 g/mol. The van der Waals surface area contributed by atoms with E-state index in [4.69, 9.17) is 0 Å². The van der Waals surface area contributed by atoms with E-state index in [1.165, 1.54) is 12.5 Å². The molecule has 0 aromatic rings. The number of cyclic esters (lactones) is 1. The first-order valence-corrected chi connectivity index (χ1v) is 2.25.